The van der Waals surface area contributed by atoms with Crippen LogP contribution in [0.15, 0.2) is 68.0 Å². The van der Waals surface area contributed by atoms with Crippen LogP contribution in [0.2, 0.25) is 0 Å². The van der Waals surface area contributed by atoms with Crippen LogP contribution in [0.4, 0.5) is 0 Å². The van der Waals surface area contributed by atoms with E-state index in [0.717, 1.165) is 55.4 Å². The van der Waals surface area contributed by atoms with Crippen molar-refractivity contribution in [2.24, 2.45) is 0 Å². The average Bonchev–Trinajstić information content (AvgIpc) is 3.43. The predicted molar refractivity (Wildman–Crippen MR) is 122 cm³/mol. The minimum atomic E-state index is 0.719. The normalized spacial score (nSPS) is 12.5. The monoisotopic (exact) mass is 405 g/mol. The van der Waals surface area contributed by atoms with E-state index in [2.05, 4.69) is 47.8 Å². The molecule has 5 aromatic heterocycles. The Morgan fingerprint density at radius 3 is 2.68 bits per heavy atom. The molecule has 0 atom stereocenters. The van der Waals surface area contributed by atoms with E-state index in [-0.39, 0.29) is 0 Å². The SMILES string of the molecule is C=C(/C=c1/c(-c2cc3c(-c4cccnc4)nccc3[nH]2)n[nH]/c1=C/C)c1cnccn1. The first kappa shape index (κ1) is 18.6. The zero-order valence-corrected chi connectivity index (χ0v) is 16.9. The van der Waals surface area contributed by atoms with Crippen LogP contribution in [-0.2, 0) is 0 Å². The van der Waals surface area contributed by atoms with Gasteiger partial charge in [-0.05, 0) is 42.8 Å². The lowest BCUT2D eigenvalue weighted by molar-refractivity contribution is 1.06. The van der Waals surface area contributed by atoms with Crippen LogP contribution in [0.1, 0.15) is 12.6 Å². The van der Waals surface area contributed by atoms with Crippen molar-refractivity contribution in [2.45, 2.75) is 6.92 Å². The molecule has 0 saturated heterocycles. The second-order valence-electron chi connectivity index (χ2n) is 6.99. The first-order chi connectivity index (χ1) is 15.2. The van der Waals surface area contributed by atoms with Gasteiger partial charge in [-0.2, -0.15) is 5.10 Å². The number of aromatic amines is 2. The van der Waals surface area contributed by atoms with Gasteiger partial charge in [0.2, 0.25) is 0 Å². The molecule has 150 valence electrons. The first-order valence-electron chi connectivity index (χ1n) is 9.81. The predicted octanol–water partition coefficient (Wildman–Crippen LogP) is 3.10. The molecule has 5 heterocycles. The number of allylic oxidation sites excluding steroid dienone is 1. The van der Waals surface area contributed by atoms with Crippen molar-refractivity contribution < 1.29 is 0 Å². The lowest BCUT2D eigenvalue weighted by Crippen LogP contribution is -2.23. The van der Waals surface area contributed by atoms with Gasteiger partial charge in [-0.3, -0.25) is 25.0 Å². The van der Waals surface area contributed by atoms with Crippen LogP contribution in [0.5, 0.6) is 0 Å². The number of aromatic nitrogens is 7. The third kappa shape index (κ3) is 3.42. The fourth-order valence-corrected chi connectivity index (χ4v) is 3.56. The van der Waals surface area contributed by atoms with Gasteiger partial charge in [0.25, 0.3) is 0 Å². The Bertz CT molecular complexity index is 1500. The highest BCUT2D eigenvalue weighted by Gasteiger charge is 2.13. The minimum Gasteiger partial charge on any atom is -0.353 e. The summed E-state index contributed by atoms with van der Waals surface area (Å²) < 4.78 is 0. The number of rotatable bonds is 4. The van der Waals surface area contributed by atoms with Gasteiger partial charge in [0.15, 0.2) is 0 Å². The number of nitrogens with zero attached hydrogens (tertiary/aromatic N) is 5. The van der Waals surface area contributed by atoms with Gasteiger partial charge in [0.1, 0.15) is 5.69 Å². The maximum Gasteiger partial charge on any atom is 0.116 e. The third-order valence-electron chi connectivity index (χ3n) is 5.07. The molecule has 2 N–H and O–H groups in total. The molecule has 5 aromatic rings. The molecular formula is C24H19N7. The molecule has 7 nitrogen and oxygen atoms in total. The molecule has 0 aliphatic heterocycles. The molecular weight excluding hydrogens is 386 g/mol. The van der Waals surface area contributed by atoms with E-state index in [1.807, 2.05) is 43.5 Å². The molecule has 0 radical (unpaired) electrons. The number of H-pyrrole nitrogens is 2. The summed E-state index contributed by atoms with van der Waals surface area (Å²) in [6.07, 6.45) is 14.3. The molecule has 0 aliphatic rings. The molecule has 0 fully saturated rings. The topological polar surface area (TPSA) is 96.0 Å². The van der Waals surface area contributed by atoms with Gasteiger partial charge in [0.05, 0.1) is 28.6 Å². The summed E-state index contributed by atoms with van der Waals surface area (Å²) in [5, 5.41) is 10.5. The van der Waals surface area contributed by atoms with Gasteiger partial charge in [0, 0.05) is 52.7 Å². The summed E-state index contributed by atoms with van der Waals surface area (Å²) in [4.78, 5) is 20.8. The van der Waals surface area contributed by atoms with Crippen LogP contribution in [-0.4, -0.2) is 35.1 Å². The number of pyridine rings is 2. The highest BCUT2D eigenvalue weighted by molar-refractivity contribution is 5.96. The molecule has 0 aromatic carbocycles. The number of hydrogen-bond acceptors (Lipinski definition) is 5. The molecule has 31 heavy (non-hydrogen) atoms. The molecule has 0 spiro atoms. The average molecular weight is 405 g/mol. The maximum absolute atomic E-state index is 4.58. The van der Waals surface area contributed by atoms with E-state index < -0.39 is 0 Å². The van der Waals surface area contributed by atoms with Crippen LogP contribution in [0.3, 0.4) is 0 Å². The second kappa shape index (κ2) is 7.79. The molecule has 0 unspecified atom stereocenters. The fourth-order valence-electron chi connectivity index (χ4n) is 3.56. The second-order valence-corrected chi connectivity index (χ2v) is 6.99. The van der Waals surface area contributed by atoms with Crippen molar-refractivity contribution in [3.8, 4) is 22.6 Å². The lowest BCUT2D eigenvalue weighted by atomic mass is 10.1. The molecule has 5 rings (SSSR count). The van der Waals surface area contributed by atoms with E-state index in [9.17, 15) is 0 Å². The van der Waals surface area contributed by atoms with Crippen molar-refractivity contribution in [1.82, 2.24) is 35.1 Å². The van der Waals surface area contributed by atoms with Crippen LogP contribution in [0.25, 0.3) is 51.3 Å². The Kier molecular flexibility index (Phi) is 4.68. The highest BCUT2D eigenvalue weighted by Crippen LogP contribution is 2.28. The molecule has 0 aliphatic carbocycles. The highest BCUT2D eigenvalue weighted by atomic mass is 15.1. The molecule has 0 amide bonds. The molecule has 0 saturated carbocycles. The van der Waals surface area contributed by atoms with Gasteiger partial charge in [-0.1, -0.05) is 12.7 Å². The van der Waals surface area contributed by atoms with Crippen molar-refractivity contribution in [3.63, 3.8) is 0 Å². The minimum absolute atomic E-state index is 0.719. The Morgan fingerprint density at radius 2 is 1.90 bits per heavy atom. The maximum atomic E-state index is 4.58. The standard InChI is InChI=1S/C24H19N7/c1-3-19-17(11-15(2)22-14-26-9-10-27-22)24(31-30-19)21-12-18-20(29-21)6-8-28-23(18)16-5-4-7-25-13-16/h3-14,29-30H,2H2,1H3/b17-11+,19-3+. The summed E-state index contributed by atoms with van der Waals surface area (Å²) >= 11 is 0. The largest absolute Gasteiger partial charge is 0.353 e. The fraction of sp³-hybridized carbons (Fsp3) is 0.0417. The Balaban J connectivity index is 1.68. The molecule has 7 heteroatoms. The lowest BCUT2D eigenvalue weighted by Gasteiger charge is -2.00. The summed E-state index contributed by atoms with van der Waals surface area (Å²) in [6, 6.07) is 7.94. The van der Waals surface area contributed by atoms with E-state index in [1.165, 1.54) is 0 Å². The van der Waals surface area contributed by atoms with E-state index in [4.69, 9.17) is 0 Å². The summed E-state index contributed by atoms with van der Waals surface area (Å²) in [6.45, 7) is 6.13. The van der Waals surface area contributed by atoms with Gasteiger partial charge >= 0.3 is 0 Å². The summed E-state index contributed by atoms with van der Waals surface area (Å²) in [7, 11) is 0. The number of hydrogen-bond donors (Lipinski definition) is 2. The zero-order valence-electron chi connectivity index (χ0n) is 16.9. The van der Waals surface area contributed by atoms with Gasteiger partial charge in [-0.15, -0.1) is 0 Å². The third-order valence-corrected chi connectivity index (χ3v) is 5.07. The van der Waals surface area contributed by atoms with Crippen LogP contribution >= 0.6 is 0 Å². The smallest absolute Gasteiger partial charge is 0.116 e. The molecule has 0 bridgehead atoms. The van der Waals surface area contributed by atoms with Crippen molar-refractivity contribution in [2.75, 3.05) is 0 Å². The first-order valence-corrected chi connectivity index (χ1v) is 9.81. The Morgan fingerprint density at radius 1 is 1.00 bits per heavy atom. The summed E-state index contributed by atoms with van der Waals surface area (Å²) in [5.74, 6) is 0. The quantitative estimate of drug-likeness (QED) is 0.479. The van der Waals surface area contributed by atoms with E-state index in [1.54, 1.807) is 31.0 Å². The van der Waals surface area contributed by atoms with Crippen LogP contribution < -0.4 is 10.6 Å². The van der Waals surface area contributed by atoms with Gasteiger partial charge < -0.3 is 4.98 Å². The van der Waals surface area contributed by atoms with E-state index >= 15 is 0 Å². The zero-order chi connectivity index (χ0) is 21.2. The van der Waals surface area contributed by atoms with Gasteiger partial charge in [-0.25, -0.2) is 0 Å². The summed E-state index contributed by atoms with van der Waals surface area (Å²) in [5.41, 5.74) is 5.98. The Hall–Kier alpha value is -4.39. The number of nitrogens with one attached hydrogen (secondary N) is 2. The van der Waals surface area contributed by atoms with Crippen LogP contribution in [0, 0.1) is 0 Å². The van der Waals surface area contributed by atoms with Crippen molar-refractivity contribution >= 4 is 28.6 Å². The van der Waals surface area contributed by atoms with E-state index in [0.29, 0.717) is 0 Å². The van der Waals surface area contributed by atoms with Crippen molar-refractivity contribution in [1.29, 1.82) is 0 Å². The number of fused-ring (bicyclic) bond motifs is 1. The van der Waals surface area contributed by atoms with Crippen molar-refractivity contribution in [3.05, 3.63) is 84.3 Å². The Labute approximate surface area is 178 Å².